The molecule has 0 saturated carbocycles. The van der Waals surface area contributed by atoms with Crippen molar-refractivity contribution in [2.24, 2.45) is 0 Å². The average molecular weight is 294 g/mol. The molecular weight excluding hydrogens is 272 g/mol. The van der Waals surface area contributed by atoms with Crippen LogP contribution in [0.2, 0.25) is 6.04 Å². The van der Waals surface area contributed by atoms with Gasteiger partial charge in [0, 0.05) is 48.0 Å². The molecule has 1 saturated heterocycles. The molecule has 1 atom stereocenters. The average Bonchev–Trinajstić information content (AvgIpc) is 2.46. The van der Waals surface area contributed by atoms with Gasteiger partial charge in [-0.25, -0.2) is 0 Å². The molecule has 0 aromatic rings. The van der Waals surface area contributed by atoms with Crippen molar-refractivity contribution in [3.8, 4) is 0 Å². The van der Waals surface area contributed by atoms with Gasteiger partial charge in [-0.05, 0) is 6.08 Å². The first-order valence-electron chi connectivity index (χ1n) is 5.62. The lowest BCUT2D eigenvalue weighted by molar-refractivity contribution is -0.164. The quantitative estimate of drug-likeness (QED) is 0.538. The number of hydrogen-bond acceptors (Lipinski definition) is 6. The van der Waals surface area contributed by atoms with Crippen molar-refractivity contribution in [1.29, 1.82) is 0 Å². The Morgan fingerprint density at radius 3 is 1.94 bits per heavy atom. The van der Waals surface area contributed by atoms with E-state index in [1.807, 2.05) is 0 Å². The summed E-state index contributed by atoms with van der Waals surface area (Å²) in [5.74, 6) is -0.897. The highest BCUT2D eigenvalue weighted by atomic mass is 29.3. The Kier molecular flexibility index (Phi) is 5.26. The molecule has 0 aromatic carbocycles. The first kappa shape index (κ1) is 16.0. The molecule has 106 valence electrons. The van der Waals surface area contributed by atoms with E-state index in [0.29, 0.717) is 12.5 Å². The standard InChI is InChI=1S/C10H22O6Si2/c1-7-10(11-2)8-9-17(12-3,13-4)18(14-5,15-6)16-10/h7H,1,8-9H2,2-6H3. The van der Waals surface area contributed by atoms with Crippen LogP contribution in [0.1, 0.15) is 6.42 Å². The molecule has 18 heavy (non-hydrogen) atoms. The van der Waals surface area contributed by atoms with Gasteiger partial charge in [-0.1, -0.05) is 6.58 Å². The summed E-state index contributed by atoms with van der Waals surface area (Å²) in [5, 5.41) is 0. The Bertz CT molecular complexity index is 292. The van der Waals surface area contributed by atoms with Crippen LogP contribution >= 0.6 is 0 Å². The smallest absolute Gasteiger partial charge is 0.395 e. The third-order valence-corrected chi connectivity index (χ3v) is 14.6. The van der Waals surface area contributed by atoms with Crippen molar-refractivity contribution < 1.29 is 26.9 Å². The molecule has 0 aliphatic carbocycles. The lowest BCUT2D eigenvalue weighted by Gasteiger charge is -2.48. The molecule has 1 heterocycles. The van der Waals surface area contributed by atoms with Gasteiger partial charge >= 0.3 is 16.4 Å². The van der Waals surface area contributed by atoms with Gasteiger partial charge in [-0.2, -0.15) is 0 Å². The van der Waals surface area contributed by atoms with Crippen LogP contribution in [0, 0.1) is 0 Å². The van der Waals surface area contributed by atoms with E-state index in [-0.39, 0.29) is 0 Å². The minimum Gasteiger partial charge on any atom is -0.395 e. The largest absolute Gasteiger partial charge is 0.541 e. The topological polar surface area (TPSA) is 55.4 Å². The molecule has 6 nitrogen and oxygen atoms in total. The lowest BCUT2D eigenvalue weighted by Crippen LogP contribution is -2.76. The van der Waals surface area contributed by atoms with E-state index in [0.717, 1.165) is 0 Å². The van der Waals surface area contributed by atoms with E-state index < -0.39 is 22.2 Å². The second-order valence-electron chi connectivity index (χ2n) is 3.95. The van der Waals surface area contributed by atoms with Crippen LogP contribution < -0.4 is 0 Å². The van der Waals surface area contributed by atoms with Gasteiger partial charge in [-0.15, -0.1) is 0 Å². The molecule has 1 rings (SSSR count). The Morgan fingerprint density at radius 2 is 1.61 bits per heavy atom. The van der Waals surface area contributed by atoms with E-state index in [9.17, 15) is 0 Å². The molecule has 8 heteroatoms. The zero-order valence-electron chi connectivity index (χ0n) is 11.6. The Hall–Kier alpha value is -0.0662. The molecule has 0 aromatic heterocycles. The minimum absolute atomic E-state index is 0.600. The zero-order chi connectivity index (χ0) is 13.9. The fourth-order valence-electron chi connectivity index (χ4n) is 2.23. The monoisotopic (exact) mass is 294 g/mol. The first-order valence-corrected chi connectivity index (χ1v) is 10.4. The van der Waals surface area contributed by atoms with E-state index in [1.54, 1.807) is 41.6 Å². The van der Waals surface area contributed by atoms with Crippen molar-refractivity contribution in [2.75, 3.05) is 35.5 Å². The van der Waals surface area contributed by atoms with Crippen molar-refractivity contribution in [1.82, 2.24) is 0 Å². The minimum atomic E-state index is -3.09. The normalized spacial score (nSPS) is 30.1. The fourth-order valence-corrected chi connectivity index (χ4v) is 11.8. The number of hydrogen-bond donors (Lipinski definition) is 0. The molecule has 0 N–H and O–H groups in total. The number of ether oxygens (including phenoxy) is 1. The van der Waals surface area contributed by atoms with Gasteiger partial charge in [0.1, 0.15) is 0 Å². The van der Waals surface area contributed by atoms with Gasteiger partial charge < -0.3 is 26.9 Å². The summed E-state index contributed by atoms with van der Waals surface area (Å²) in [6.07, 6.45) is 2.22. The Morgan fingerprint density at radius 1 is 1.06 bits per heavy atom. The SMILES string of the molecule is C=CC1(OC)CC[Si](OC)(OC)[Si](OC)(OC)O1. The van der Waals surface area contributed by atoms with Crippen molar-refractivity contribution in [2.45, 2.75) is 18.3 Å². The molecule has 0 bridgehead atoms. The van der Waals surface area contributed by atoms with Gasteiger partial charge in [-0.3, -0.25) is 0 Å². The molecule has 0 spiro atoms. The molecule has 1 fully saturated rings. The van der Waals surface area contributed by atoms with Gasteiger partial charge in [0.25, 0.3) is 0 Å². The highest BCUT2D eigenvalue weighted by molar-refractivity contribution is 7.29. The maximum absolute atomic E-state index is 6.02. The maximum atomic E-state index is 6.02. The summed E-state index contributed by atoms with van der Waals surface area (Å²) in [4.78, 5) is 0. The Labute approximate surface area is 110 Å². The van der Waals surface area contributed by atoms with Crippen molar-refractivity contribution >= 4 is 16.4 Å². The number of methoxy groups -OCH3 is 1. The second kappa shape index (κ2) is 5.93. The summed E-state index contributed by atoms with van der Waals surface area (Å²) in [5.41, 5.74) is 0. The van der Waals surface area contributed by atoms with E-state index in [4.69, 9.17) is 26.9 Å². The Balaban J connectivity index is 3.18. The lowest BCUT2D eigenvalue weighted by atomic mass is 10.2. The molecular formula is C10H22O6Si2. The van der Waals surface area contributed by atoms with Crippen LogP contribution in [0.4, 0.5) is 0 Å². The molecule has 1 unspecified atom stereocenters. The van der Waals surface area contributed by atoms with Crippen LogP contribution in [0.15, 0.2) is 12.7 Å². The predicted molar refractivity (Wildman–Crippen MR) is 70.0 cm³/mol. The molecule has 1 aliphatic rings. The third kappa shape index (κ3) is 2.23. The van der Waals surface area contributed by atoms with Crippen LogP contribution in [-0.2, 0) is 26.9 Å². The highest BCUT2D eigenvalue weighted by Gasteiger charge is 2.72. The number of rotatable bonds is 6. The van der Waals surface area contributed by atoms with E-state index >= 15 is 0 Å². The molecule has 0 radical (unpaired) electrons. The van der Waals surface area contributed by atoms with Crippen LogP contribution in [0.3, 0.4) is 0 Å². The van der Waals surface area contributed by atoms with Gasteiger partial charge in [0.2, 0.25) is 0 Å². The van der Waals surface area contributed by atoms with Crippen molar-refractivity contribution in [3.63, 3.8) is 0 Å². The van der Waals surface area contributed by atoms with Crippen LogP contribution in [0.25, 0.3) is 0 Å². The van der Waals surface area contributed by atoms with E-state index in [1.165, 1.54) is 0 Å². The van der Waals surface area contributed by atoms with Gasteiger partial charge in [0.15, 0.2) is 5.79 Å². The third-order valence-electron chi connectivity index (χ3n) is 3.43. The summed E-state index contributed by atoms with van der Waals surface area (Å²) in [7, 11) is 2.09. The van der Waals surface area contributed by atoms with Crippen LogP contribution in [0.5, 0.6) is 0 Å². The first-order chi connectivity index (χ1) is 8.53. The maximum Gasteiger partial charge on any atom is 0.541 e. The predicted octanol–water partition coefficient (Wildman–Crippen LogP) is 0.980. The summed E-state index contributed by atoms with van der Waals surface area (Å²) >= 11 is 0. The van der Waals surface area contributed by atoms with Crippen LogP contribution in [-0.4, -0.2) is 57.7 Å². The molecule has 1 aliphatic heterocycles. The van der Waals surface area contributed by atoms with Gasteiger partial charge in [0.05, 0.1) is 0 Å². The van der Waals surface area contributed by atoms with Crippen molar-refractivity contribution in [3.05, 3.63) is 12.7 Å². The summed E-state index contributed by atoms with van der Waals surface area (Å²) < 4.78 is 33.8. The fraction of sp³-hybridized carbons (Fsp3) is 0.800. The highest BCUT2D eigenvalue weighted by Crippen LogP contribution is 2.41. The van der Waals surface area contributed by atoms with E-state index in [2.05, 4.69) is 6.58 Å². The zero-order valence-corrected chi connectivity index (χ0v) is 13.6. The second-order valence-corrected chi connectivity index (χ2v) is 13.0. The molecule has 0 amide bonds. The summed E-state index contributed by atoms with van der Waals surface area (Å²) in [6.45, 7) is 3.76. The summed E-state index contributed by atoms with van der Waals surface area (Å²) in [6, 6.07) is 0.660.